The lowest BCUT2D eigenvalue weighted by Gasteiger charge is -2.35. The van der Waals surface area contributed by atoms with Crippen LogP contribution in [-0.2, 0) is 9.59 Å². The Labute approximate surface area is 142 Å². The van der Waals surface area contributed by atoms with Gasteiger partial charge in [0.25, 0.3) is 0 Å². The molecule has 2 aliphatic rings. The topological polar surface area (TPSA) is 95.3 Å². The molecule has 132 valence electrons. The predicted octanol–water partition coefficient (Wildman–Crippen LogP) is 0.621. The van der Waals surface area contributed by atoms with E-state index in [1.807, 2.05) is 6.92 Å². The molecule has 2 aliphatic heterocycles. The number of nitrogens with two attached hydrogens (primary N) is 1. The van der Waals surface area contributed by atoms with Gasteiger partial charge in [-0.2, -0.15) is 5.10 Å². The quantitative estimate of drug-likeness (QED) is 0.844. The highest BCUT2D eigenvalue weighted by Crippen LogP contribution is 2.26. The molecule has 0 saturated carbocycles. The molecule has 2 atom stereocenters. The zero-order chi connectivity index (χ0) is 17.1. The van der Waals surface area contributed by atoms with Gasteiger partial charge in [0.1, 0.15) is 0 Å². The fourth-order valence-corrected chi connectivity index (χ4v) is 3.82. The Balaban J connectivity index is 1.55. The predicted molar refractivity (Wildman–Crippen MR) is 90.2 cm³/mol. The summed E-state index contributed by atoms with van der Waals surface area (Å²) in [6, 6.07) is 2.10. The van der Waals surface area contributed by atoms with Gasteiger partial charge in [-0.05, 0) is 45.2 Å². The Bertz CT molecular complexity index is 600. The molecular formula is C17H27N5O2. The van der Waals surface area contributed by atoms with Gasteiger partial charge in [-0.25, -0.2) is 0 Å². The Morgan fingerprint density at radius 2 is 2.08 bits per heavy atom. The van der Waals surface area contributed by atoms with Crippen LogP contribution in [0.15, 0.2) is 6.07 Å². The number of primary amides is 1. The van der Waals surface area contributed by atoms with E-state index in [9.17, 15) is 9.59 Å². The van der Waals surface area contributed by atoms with Gasteiger partial charge in [0.05, 0.1) is 18.2 Å². The van der Waals surface area contributed by atoms with Crippen molar-refractivity contribution in [3.63, 3.8) is 0 Å². The normalized spacial score (nSPS) is 25.6. The summed E-state index contributed by atoms with van der Waals surface area (Å²) in [6.45, 7) is 5.45. The summed E-state index contributed by atoms with van der Waals surface area (Å²) < 4.78 is 0. The van der Waals surface area contributed by atoms with Crippen LogP contribution < -0.4 is 5.73 Å². The van der Waals surface area contributed by atoms with Gasteiger partial charge in [-0.1, -0.05) is 0 Å². The fraction of sp³-hybridized carbons (Fsp3) is 0.706. The highest BCUT2D eigenvalue weighted by molar-refractivity contribution is 5.81. The maximum Gasteiger partial charge on any atom is 0.236 e. The number of hydrogen-bond donors (Lipinski definition) is 2. The van der Waals surface area contributed by atoms with Crippen LogP contribution in [0.5, 0.6) is 0 Å². The molecule has 3 rings (SSSR count). The Hall–Kier alpha value is -1.89. The lowest BCUT2D eigenvalue weighted by Crippen LogP contribution is -2.48. The molecule has 2 saturated heterocycles. The van der Waals surface area contributed by atoms with E-state index in [1.54, 1.807) is 4.90 Å². The van der Waals surface area contributed by atoms with Gasteiger partial charge in [-0.15, -0.1) is 0 Å². The van der Waals surface area contributed by atoms with Crippen LogP contribution in [0.25, 0.3) is 0 Å². The summed E-state index contributed by atoms with van der Waals surface area (Å²) in [5, 5.41) is 7.38. The minimum absolute atomic E-state index is 0.111. The minimum atomic E-state index is -0.292. The molecule has 1 aromatic rings. The summed E-state index contributed by atoms with van der Waals surface area (Å²) in [5.74, 6) is 0.0132. The van der Waals surface area contributed by atoms with Crippen molar-refractivity contribution >= 4 is 11.8 Å². The number of nitrogens with one attached hydrogen (secondary N) is 1. The first-order chi connectivity index (χ1) is 11.5. The van der Waals surface area contributed by atoms with Gasteiger partial charge in [0.15, 0.2) is 0 Å². The van der Waals surface area contributed by atoms with Crippen LogP contribution in [-0.4, -0.2) is 64.5 Å². The smallest absolute Gasteiger partial charge is 0.236 e. The molecule has 0 bridgehead atoms. The van der Waals surface area contributed by atoms with Crippen molar-refractivity contribution < 1.29 is 9.59 Å². The van der Waals surface area contributed by atoms with Crippen molar-refractivity contribution in [1.29, 1.82) is 0 Å². The minimum Gasteiger partial charge on any atom is -0.369 e. The van der Waals surface area contributed by atoms with E-state index in [0.717, 1.165) is 56.7 Å². The monoisotopic (exact) mass is 333 g/mol. The SMILES string of the molecule is Cc1cc([C@H]2CCCN(CC(=O)N3CCC[C@H](C(N)=O)C3)C2)n[nH]1. The second kappa shape index (κ2) is 7.34. The molecule has 24 heavy (non-hydrogen) atoms. The molecule has 3 heterocycles. The maximum atomic E-state index is 12.6. The molecule has 0 aliphatic carbocycles. The first-order valence-electron chi connectivity index (χ1n) is 8.84. The van der Waals surface area contributed by atoms with Crippen LogP contribution in [0.2, 0.25) is 0 Å². The van der Waals surface area contributed by atoms with E-state index >= 15 is 0 Å². The third-order valence-electron chi connectivity index (χ3n) is 5.18. The number of rotatable bonds is 4. The maximum absolute atomic E-state index is 12.6. The van der Waals surface area contributed by atoms with Crippen molar-refractivity contribution in [2.24, 2.45) is 11.7 Å². The van der Waals surface area contributed by atoms with E-state index in [1.165, 1.54) is 0 Å². The van der Waals surface area contributed by atoms with Crippen LogP contribution in [0.1, 0.15) is 43.0 Å². The molecule has 0 unspecified atom stereocenters. The molecule has 7 nitrogen and oxygen atoms in total. The number of H-pyrrole nitrogens is 1. The molecule has 7 heteroatoms. The fourth-order valence-electron chi connectivity index (χ4n) is 3.82. The number of likely N-dealkylation sites (tertiary alicyclic amines) is 2. The second-order valence-corrected chi connectivity index (χ2v) is 7.13. The van der Waals surface area contributed by atoms with E-state index in [-0.39, 0.29) is 17.7 Å². The molecule has 0 spiro atoms. The zero-order valence-electron chi connectivity index (χ0n) is 14.3. The molecular weight excluding hydrogens is 306 g/mol. The molecule has 2 fully saturated rings. The number of aryl methyl sites for hydroxylation is 1. The van der Waals surface area contributed by atoms with Crippen LogP contribution in [0.4, 0.5) is 0 Å². The number of carbonyl (C=O) groups is 2. The highest BCUT2D eigenvalue weighted by atomic mass is 16.2. The van der Waals surface area contributed by atoms with E-state index in [4.69, 9.17) is 5.73 Å². The van der Waals surface area contributed by atoms with Gasteiger partial charge < -0.3 is 10.6 Å². The zero-order valence-corrected chi connectivity index (χ0v) is 14.3. The van der Waals surface area contributed by atoms with Gasteiger partial charge in [0.2, 0.25) is 11.8 Å². The number of piperidine rings is 2. The number of amides is 2. The molecule has 0 aromatic carbocycles. The van der Waals surface area contributed by atoms with Gasteiger partial charge in [-0.3, -0.25) is 19.6 Å². The van der Waals surface area contributed by atoms with Crippen molar-refractivity contribution in [1.82, 2.24) is 20.0 Å². The van der Waals surface area contributed by atoms with Crippen molar-refractivity contribution in [3.8, 4) is 0 Å². The summed E-state index contributed by atoms with van der Waals surface area (Å²) in [7, 11) is 0. The Morgan fingerprint density at radius 3 is 2.79 bits per heavy atom. The van der Waals surface area contributed by atoms with Crippen molar-refractivity contribution in [2.45, 2.75) is 38.5 Å². The van der Waals surface area contributed by atoms with Gasteiger partial charge in [0, 0.05) is 31.2 Å². The summed E-state index contributed by atoms with van der Waals surface area (Å²) in [5.41, 5.74) is 7.57. The summed E-state index contributed by atoms with van der Waals surface area (Å²) in [6.07, 6.45) is 3.84. The molecule has 2 amide bonds. The van der Waals surface area contributed by atoms with Crippen LogP contribution in [0, 0.1) is 12.8 Å². The number of hydrogen-bond acceptors (Lipinski definition) is 4. The molecule has 3 N–H and O–H groups in total. The first-order valence-corrected chi connectivity index (χ1v) is 8.84. The molecule has 1 aromatic heterocycles. The average molecular weight is 333 g/mol. The second-order valence-electron chi connectivity index (χ2n) is 7.13. The van der Waals surface area contributed by atoms with Crippen molar-refractivity contribution in [3.05, 3.63) is 17.5 Å². The van der Waals surface area contributed by atoms with Crippen molar-refractivity contribution in [2.75, 3.05) is 32.7 Å². The Morgan fingerprint density at radius 1 is 1.29 bits per heavy atom. The first kappa shape index (κ1) is 17.0. The summed E-state index contributed by atoms with van der Waals surface area (Å²) >= 11 is 0. The standard InChI is InChI=1S/C17H27N5O2/c1-12-8-15(20-19-12)13-4-2-6-21(9-13)11-16(23)22-7-3-5-14(10-22)17(18)24/h8,13-14H,2-7,9-11H2,1H3,(H2,18,24)(H,19,20)/t13-,14-/m0/s1. The van der Waals surface area contributed by atoms with E-state index in [2.05, 4.69) is 21.2 Å². The average Bonchev–Trinajstić information content (AvgIpc) is 3.02. The number of nitrogens with zero attached hydrogens (tertiary/aromatic N) is 3. The lowest BCUT2D eigenvalue weighted by molar-refractivity contribution is -0.136. The van der Waals surface area contributed by atoms with Crippen LogP contribution >= 0.6 is 0 Å². The summed E-state index contributed by atoms with van der Waals surface area (Å²) in [4.78, 5) is 28.0. The Kier molecular flexibility index (Phi) is 5.18. The highest BCUT2D eigenvalue weighted by Gasteiger charge is 2.29. The number of aromatic nitrogens is 2. The number of carbonyl (C=O) groups excluding carboxylic acids is 2. The largest absolute Gasteiger partial charge is 0.369 e. The van der Waals surface area contributed by atoms with Crippen LogP contribution in [0.3, 0.4) is 0 Å². The lowest BCUT2D eigenvalue weighted by atomic mass is 9.94. The van der Waals surface area contributed by atoms with E-state index < -0.39 is 0 Å². The van der Waals surface area contributed by atoms with Gasteiger partial charge >= 0.3 is 0 Å². The molecule has 0 radical (unpaired) electrons. The van der Waals surface area contributed by atoms with E-state index in [0.29, 0.717) is 19.0 Å². The third-order valence-corrected chi connectivity index (χ3v) is 5.18. The third kappa shape index (κ3) is 3.95. The number of aromatic amines is 1.